The molecule has 1 amide bonds. The van der Waals surface area contributed by atoms with Crippen LogP contribution in [0.25, 0.3) is 0 Å². The lowest BCUT2D eigenvalue weighted by Gasteiger charge is -2.19. The highest BCUT2D eigenvalue weighted by molar-refractivity contribution is 8.00. The van der Waals surface area contributed by atoms with E-state index in [1.165, 1.54) is 29.6 Å². The first-order valence-corrected chi connectivity index (χ1v) is 9.62. The number of rotatable bonds is 4. The van der Waals surface area contributed by atoms with Gasteiger partial charge in [-0.05, 0) is 78.9 Å². The standard InChI is InChI=1S/C22H19FN2OS/c1-15-6-11-19(27-24-18-9-7-17(23)8-10-18)14-20(15)22(26)25-13-12-16-4-2-3-5-21(16)25/h2-11,14,24H,12-13H2,1H3. The molecule has 1 N–H and O–H groups in total. The minimum Gasteiger partial charge on any atom is -0.326 e. The van der Waals surface area contributed by atoms with Gasteiger partial charge in [0.1, 0.15) is 5.82 Å². The van der Waals surface area contributed by atoms with E-state index >= 15 is 0 Å². The average molecular weight is 378 g/mol. The quantitative estimate of drug-likeness (QED) is 0.612. The van der Waals surface area contributed by atoms with Crippen molar-refractivity contribution in [2.75, 3.05) is 16.2 Å². The summed E-state index contributed by atoms with van der Waals surface area (Å²) in [6.07, 6.45) is 0.890. The Morgan fingerprint density at radius 1 is 1.07 bits per heavy atom. The highest BCUT2D eigenvalue weighted by atomic mass is 32.2. The Hall–Kier alpha value is -2.79. The predicted octanol–water partition coefficient (Wildman–Crippen LogP) is 5.46. The number of hydrogen-bond donors (Lipinski definition) is 1. The third-order valence-electron chi connectivity index (χ3n) is 4.70. The van der Waals surface area contributed by atoms with E-state index in [0.29, 0.717) is 12.1 Å². The number of nitrogens with zero attached hydrogens (tertiary/aromatic N) is 1. The molecule has 0 aromatic heterocycles. The summed E-state index contributed by atoms with van der Waals surface area (Å²) in [6.45, 7) is 2.67. The molecule has 0 spiro atoms. The van der Waals surface area contributed by atoms with Gasteiger partial charge >= 0.3 is 0 Å². The first-order chi connectivity index (χ1) is 13.1. The van der Waals surface area contributed by atoms with Crippen LogP contribution >= 0.6 is 11.9 Å². The molecular formula is C22H19FN2OS. The zero-order valence-electron chi connectivity index (χ0n) is 14.9. The van der Waals surface area contributed by atoms with Gasteiger partial charge in [0, 0.05) is 28.4 Å². The van der Waals surface area contributed by atoms with Crippen molar-refractivity contribution < 1.29 is 9.18 Å². The first kappa shape index (κ1) is 17.6. The highest BCUT2D eigenvalue weighted by Gasteiger charge is 2.26. The minimum atomic E-state index is -0.264. The largest absolute Gasteiger partial charge is 0.326 e. The first-order valence-electron chi connectivity index (χ1n) is 8.81. The number of para-hydroxylation sites is 1. The van der Waals surface area contributed by atoms with Gasteiger partial charge in [-0.2, -0.15) is 0 Å². The number of amides is 1. The Kier molecular flexibility index (Phi) is 4.86. The summed E-state index contributed by atoms with van der Waals surface area (Å²) in [5.74, 6) is -0.235. The number of benzene rings is 3. The zero-order valence-corrected chi connectivity index (χ0v) is 15.7. The normalized spacial score (nSPS) is 12.7. The van der Waals surface area contributed by atoms with Crippen molar-refractivity contribution in [3.8, 4) is 0 Å². The van der Waals surface area contributed by atoms with E-state index in [9.17, 15) is 9.18 Å². The molecular weight excluding hydrogens is 359 g/mol. The molecule has 0 saturated heterocycles. The molecule has 136 valence electrons. The van der Waals surface area contributed by atoms with Crippen LogP contribution in [0, 0.1) is 12.7 Å². The van der Waals surface area contributed by atoms with Crippen LogP contribution in [0.3, 0.4) is 0 Å². The number of carbonyl (C=O) groups excluding carboxylic acids is 1. The topological polar surface area (TPSA) is 32.3 Å². The number of aryl methyl sites for hydroxylation is 1. The summed E-state index contributed by atoms with van der Waals surface area (Å²) < 4.78 is 16.2. The van der Waals surface area contributed by atoms with E-state index < -0.39 is 0 Å². The van der Waals surface area contributed by atoms with Crippen molar-refractivity contribution in [3.63, 3.8) is 0 Å². The molecule has 27 heavy (non-hydrogen) atoms. The Bertz CT molecular complexity index is 988. The van der Waals surface area contributed by atoms with Gasteiger partial charge in [0.05, 0.1) is 0 Å². The van der Waals surface area contributed by atoms with Gasteiger partial charge in [-0.15, -0.1) is 0 Å². The second-order valence-electron chi connectivity index (χ2n) is 6.52. The van der Waals surface area contributed by atoms with Crippen LogP contribution in [-0.2, 0) is 6.42 Å². The van der Waals surface area contributed by atoms with Gasteiger partial charge in [0.25, 0.3) is 5.91 Å². The van der Waals surface area contributed by atoms with Crippen molar-refractivity contribution in [3.05, 3.63) is 89.2 Å². The van der Waals surface area contributed by atoms with Crippen LogP contribution in [0.1, 0.15) is 21.5 Å². The molecule has 0 fully saturated rings. The summed E-state index contributed by atoms with van der Waals surface area (Å²) in [7, 11) is 0. The molecule has 0 atom stereocenters. The number of halogens is 1. The summed E-state index contributed by atoms with van der Waals surface area (Å²) in [6, 6.07) is 20.1. The molecule has 0 radical (unpaired) electrons. The molecule has 0 unspecified atom stereocenters. The average Bonchev–Trinajstić information content (AvgIpc) is 3.12. The maximum Gasteiger partial charge on any atom is 0.258 e. The van der Waals surface area contributed by atoms with E-state index in [-0.39, 0.29) is 11.7 Å². The Labute approximate surface area is 162 Å². The minimum absolute atomic E-state index is 0.0293. The molecule has 0 bridgehead atoms. The lowest BCUT2D eigenvalue weighted by molar-refractivity contribution is 0.0988. The maximum atomic E-state index is 13.1. The fourth-order valence-electron chi connectivity index (χ4n) is 3.23. The molecule has 4 rings (SSSR count). The molecule has 1 aliphatic rings. The monoisotopic (exact) mass is 378 g/mol. The van der Waals surface area contributed by atoms with E-state index in [4.69, 9.17) is 0 Å². The van der Waals surface area contributed by atoms with E-state index in [1.54, 1.807) is 12.1 Å². The molecule has 3 nitrogen and oxygen atoms in total. The SMILES string of the molecule is Cc1ccc(SNc2ccc(F)cc2)cc1C(=O)N1CCc2ccccc21. The Morgan fingerprint density at radius 2 is 1.85 bits per heavy atom. The third-order valence-corrected chi connectivity index (χ3v) is 5.53. The highest BCUT2D eigenvalue weighted by Crippen LogP contribution is 2.31. The smallest absolute Gasteiger partial charge is 0.258 e. The zero-order chi connectivity index (χ0) is 18.8. The number of anilines is 2. The van der Waals surface area contributed by atoms with Crippen molar-refractivity contribution >= 4 is 29.2 Å². The summed E-state index contributed by atoms with van der Waals surface area (Å²) in [5.41, 5.74) is 4.69. The lowest BCUT2D eigenvalue weighted by atomic mass is 10.1. The van der Waals surface area contributed by atoms with Gasteiger partial charge in [-0.1, -0.05) is 24.3 Å². The van der Waals surface area contributed by atoms with Crippen LogP contribution in [0.5, 0.6) is 0 Å². The van der Waals surface area contributed by atoms with E-state index in [1.807, 2.05) is 48.2 Å². The molecule has 3 aromatic rings. The van der Waals surface area contributed by atoms with Crippen LogP contribution in [0.2, 0.25) is 0 Å². The van der Waals surface area contributed by atoms with Gasteiger partial charge in [-0.3, -0.25) is 4.79 Å². The number of carbonyl (C=O) groups is 1. The fourth-order valence-corrected chi connectivity index (χ4v) is 3.91. The van der Waals surface area contributed by atoms with Crippen molar-refractivity contribution in [1.29, 1.82) is 0 Å². The number of nitrogens with one attached hydrogen (secondary N) is 1. The predicted molar refractivity (Wildman–Crippen MR) is 109 cm³/mol. The third kappa shape index (κ3) is 3.69. The molecule has 0 saturated carbocycles. The van der Waals surface area contributed by atoms with Crippen LogP contribution in [0.15, 0.2) is 71.6 Å². The van der Waals surface area contributed by atoms with Crippen LogP contribution in [0.4, 0.5) is 15.8 Å². The van der Waals surface area contributed by atoms with Gasteiger partial charge < -0.3 is 9.62 Å². The Morgan fingerprint density at radius 3 is 2.67 bits per heavy atom. The second-order valence-corrected chi connectivity index (χ2v) is 7.40. The van der Waals surface area contributed by atoms with Crippen LogP contribution in [-0.4, -0.2) is 12.5 Å². The molecule has 3 aromatic carbocycles. The number of fused-ring (bicyclic) bond motifs is 1. The summed E-state index contributed by atoms with van der Waals surface area (Å²) in [4.78, 5) is 15.9. The summed E-state index contributed by atoms with van der Waals surface area (Å²) in [5, 5.41) is 0. The van der Waals surface area contributed by atoms with Crippen molar-refractivity contribution in [2.24, 2.45) is 0 Å². The van der Waals surface area contributed by atoms with Gasteiger partial charge in [0.15, 0.2) is 0 Å². The lowest BCUT2D eigenvalue weighted by Crippen LogP contribution is -2.29. The fraction of sp³-hybridized carbons (Fsp3) is 0.136. The van der Waals surface area contributed by atoms with Crippen molar-refractivity contribution in [2.45, 2.75) is 18.2 Å². The van der Waals surface area contributed by atoms with Gasteiger partial charge in [0.2, 0.25) is 0 Å². The molecule has 0 aliphatic carbocycles. The maximum absolute atomic E-state index is 13.1. The summed E-state index contributed by atoms with van der Waals surface area (Å²) >= 11 is 1.40. The molecule has 5 heteroatoms. The second kappa shape index (κ2) is 7.45. The van der Waals surface area contributed by atoms with Crippen LogP contribution < -0.4 is 9.62 Å². The molecule has 1 heterocycles. The Balaban J connectivity index is 1.54. The number of hydrogen-bond acceptors (Lipinski definition) is 3. The van der Waals surface area contributed by atoms with Crippen molar-refractivity contribution in [1.82, 2.24) is 0 Å². The van der Waals surface area contributed by atoms with Gasteiger partial charge in [-0.25, -0.2) is 4.39 Å². The van der Waals surface area contributed by atoms with E-state index in [2.05, 4.69) is 10.8 Å². The van der Waals surface area contributed by atoms with E-state index in [0.717, 1.165) is 28.3 Å². The molecule has 1 aliphatic heterocycles.